The second kappa shape index (κ2) is 7.52. The molecule has 0 bridgehead atoms. The number of nitrogens with zero attached hydrogens (tertiary/aromatic N) is 5. The Morgan fingerprint density at radius 3 is 2.70 bits per heavy atom. The van der Waals surface area contributed by atoms with E-state index in [1.165, 1.54) is 9.60 Å². The lowest BCUT2D eigenvalue weighted by Gasteiger charge is -2.34. The fourth-order valence-electron chi connectivity index (χ4n) is 3.38. The smallest absolute Gasteiger partial charge is 0.272 e. The maximum atomic E-state index is 12.9. The molecule has 0 spiro atoms. The van der Waals surface area contributed by atoms with E-state index in [0.717, 1.165) is 29.4 Å². The molecule has 1 aromatic carbocycles. The number of carbonyl (C=O) groups excluding carboxylic acids is 1. The van der Waals surface area contributed by atoms with Gasteiger partial charge in [0.25, 0.3) is 5.91 Å². The van der Waals surface area contributed by atoms with E-state index in [0.29, 0.717) is 25.3 Å². The Morgan fingerprint density at radius 1 is 1.22 bits per heavy atom. The molecule has 0 aliphatic carbocycles. The minimum Gasteiger partial charge on any atom is -0.345 e. The molecule has 142 valence electrons. The van der Waals surface area contributed by atoms with E-state index in [1.54, 1.807) is 27.8 Å². The van der Waals surface area contributed by atoms with Gasteiger partial charge in [0.2, 0.25) is 0 Å². The molecule has 0 unspecified atom stereocenters. The highest BCUT2D eigenvalue weighted by atomic mass is 32.2. The number of carbonyl (C=O) groups is 1. The highest BCUT2D eigenvalue weighted by molar-refractivity contribution is 7.98. The van der Waals surface area contributed by atoms with Crippen molar-refractivity contribution in [3.63, 3.8) is 0 Å². The number of thiazole rings is 1. The van der Waals surface area contributed by atoms with E-state index >= 15 is 0 Å². The Labute approximate surface area is 167 Å². The van der Waals surface area contributed by atoms with Gasteiger partial charge in [0.15, 0.2) is 5.13 Å². The van der Waals surface area contributed by atoms with Gasteiger partial charge in [-0.3, -0.25) is 9.48 Å². The fourth-order valence-corrected chi connectivity index (χ4v) is 4.95. The normalized spacial score (nSPS) is 14.9. The maximum Gasteiger partial charge on any atom is 0.272 e. The number of fused-ring (bicyclic) bond motifs is 1. The van der Waals surface area contributed by atoms with Crippen LogP contribution in [0.25, 0.3) is 10.2 Å². The van der Waals surface area contributed by atoms with Crippen LogP contribution in [0.5, 0.6) is 0 Å². The summed E-state index contributed by atoms with van der Waals surface area (Å²) in [5.74, 6) is 0.0750. The molecule has 1 aliphatic rings. The Hall–Kier alpha value is -2.06. The van der Waals surface area contributed by atoms with E-state index in [4.69, 9.17) is 4.98 Å². The van der Waals surface area contributed by atoms with Gasteiger partial charge in [-0.2, -0.15) is 5.10 Å². The van der Waals surface area contributed by atoms with Crippen LogP contribution in [0.15, 0.2) is 29.2 Å². The van der Waals surface area contributed by atoms with E-state index in [2.05, 4.69) is 34.5 Å². The van der Waals surface area contributed by atoms with E-state index < -0.39 is 0 Å². The van der Waals surface area contributed by atoms with E-state index in [9.17, 15) is 4.79 Å². The SMILES string of the molecule is CCn1nc(C)cc1C(=O)N1CCN(c2nc3ccc(SC)cc3s2)CC1. The molecule has 3 heterocycles. The Kier molecular flexibility index (Phi) is 5.10. The summed E-state index contributed by atoms with van der Waals surface area (Å²) in [4.78, 5) is 23.1. The van der Waals surface area contributed by atoms with Crippen LogP contribution in [-0.2, 0) is 6.54 Å². The van der Waals surface area contributed by atoms with Gasteiger partial charge in [-0.1, -0.05) is 11.3 Å². The van der Waals surface area contributed by atoms with Gasteiger partial charge in [0, 0.05) is 37.6 Å². The lowest BCUT2D eigenvalue weighted by Crippen LogP contribution is -2.49. The zero-order chi connectivity index (χ0) is 19.0. The van der Waals surface area contributed by atoms with Crippen LogP contribution in [0.4, 0.5) is 5.13 Å². The minimum atomic E-state index is 0.0750. The molecule has 0 N–H and O–H groups in total. The summed E-state index contributed by atoms with van der Waals surface area (Å²) in [6.45, 7) is 7.67. The summed E-state index contributed by atoms with van der Waals surface area (Å²) in [5, 5.41) is 5.44. The molecule has 1 fully saturated rings. The van der Waals surface area contributed by atoms with Crippen molar-refractivity contribution in [1.82, 2.24) is 19.7 Å². The second-order valence-electron chi connectivity index (χ2n) is 6.60. The van der Waals surface area contributed by atoms with Crippen LogP contribution >= 0.6 is 23.1 Å². The highest BCUT2D eigenvalue weighted by Gasteiger charge is 2.26. The van der Waals surface area contributed by atoms with Crippen LogP contribution in [-0.4, -0.2) is 58.0 Å². The van der Waals surface area contributed by atoms with Crippen molar-refractivity contribution in [3.05, 3.63) is 35.7 Å². The van der Waals surface area contributed by atoms with Crippen LogP contribution in [0.3, 0.4) is 0 Å². The summed E-state index contributed by atoms with van der Waals surface area (Å²) in [7, 11) is 0. The van der Waals surface area contributed by atoms with E-state index in [1.807, 2.05) is 24.8 Å². The molecule has 1 amide bonds. The molecule has 2 aromatic heterocycles. The topological polar surface area (TPSA) is 54.3 Å². The lowest BCUT2D eigenvalue weighted by molar-refractivity contribution is 0.0734. The Bertz CT molecular complexity index is 972. The fraction of sp³-hybridized carbons (Fsp3) is 0.421. The first-order valence-electron chi connectivity index (χ1n) is 9.12. The molecule has 0 atom stereocenters. The molecular weight excluding hydrogens is 378 g/mol. The van der Waals surface area contributed by atoms with Gasteiger partial charge in [-0.05, 0) is 44.4 Å². The molecule has 6 nitrogen and oxygen atoms in total. The lowest BCUT2D eigenvalue weighted by atomic mass is 10.2. The van der Waals surface area contributed by atoms with Gasteiger partial charge < -0.3 is 9.80 Å². The maximum absolute atomic E-state index is 12.9. The van der Waals surface area contributed by atoms with Crippen molar-refractivity contribution >= 4 is 44.4 Å². The van der Waals surface area contributed by atoms with Gasteiger partial charge >= 0.3 is 0 Å². The number of thioether (sulfide) groups is 1. The number of hydrogen-bond donors (Lipinski definition) is 0. The van der Waals surface area contributed by atoms with Gasteiger partial charge in [0.1, 0.15) is 5.69 Å². The van der Waals surface area contributed by atoms with Crippen LogP contribution in [0.1, 0.15) is 23.1 Å². The quantitative estimate of drug-likeness (QED) is 0.626. The number of hydrogen-bond acceptors (Lipinski definition) is 6. The third-order valence-electron chi connectivity index (χ3n) is 4.84. The molecule has 8 heteroatoms. The summed E-state index contributed by atoms with van der Waals surface area (Å²) in [6, 6.07) is 8.30. The third kappa shape index (κ3) is 3.55. The highest BCUT2D eigenvalue weighted by Crippen LogP contribution is 2.32. The molecular formula is C19H23N5OS2. The first kappa shape index (κ1) is 18.3. The van der Waals surface area contributed by atoms with Crippen LogP contribution in [0, 0.1) is 6.92 Å². The van der Waals surface area contributed by atoms with Crippen molar-refractivity contribution in [1.29, 1.82) is 0 Å². The van der Waals surface area contributed by atoms with Crippen molar-refractivity contribution < 1.29 is 4.79 Å². The van der Waals surface area contributed by atoms with Crippen molar-refractivity contribution in [2.24, 2.45) is 0 Å². The first-order valence-corrected chi connectivity index (χ1v) is 11.2. The molecule has 27 heavy (non-hydrogen) atoms. The predicted octanol–water partition coefficient (Wildman–Crippen LogP) is 3.51. The molecule has 3 aromatic rings. The van der Waals surface area contributed by atoms with Crippen LogP contribution in [0.2, 0.25) is 0 Å². The number of benzene rings is 1. The average molecular weight is 402 g/mol. The summed E-state index contributed by atoms with van der Waals surface area (Å²) >= 11 is 3.48. The zero-order valence-electron chi connectivity index (χ0n) is 15.8. The average Bonchev–Trinajstić information content (AvgIpc) is 3.29. The number of anilines is 1. The predicted molar refractivity (Wildman–Crippen MR) is 112 cm³/mol. The molecule has 0 radical (unpaired) electrons. The molecule has 1 saturated heterocycles. The first-order chi connectivity index (χ1) is 13.1. The number of aryl methyl sites for hydroxylation is 2. The summed E-state index contributed by atoms with van der Waals surface area (Å²) < 4.78 is 3.01. The second-order valence-corrected chi connectivity index (χ2v) is 8.48. The monoisotopic (exact) mass is 401 g/mol. The van der Waals surface area contributed by atoms with Gasteiger partial charge in [0.05, 0.1) is 15.9 Å². The van der Waals surface area contributed by atoms with Crippen LogP contribution < -0.4 is 4.90 Å². The third-order valence-corrected chi connectivity index (χ3v) is 6.65. The Balaban J connectivity index is 1.46. The standard InChI is InChI=1S/C19H23N5OS2/c1-4-24-16(11-13(2)21-24)18(25)22-7-9-23(10-8-22)19-20-15-6-5-14(26-3)12-17(15)27-19/h5-6,11-12H,4,7-10H2,1-3H3. The zero-order valence-corrected chi connectivity index (χ0v) is 17.4. The number of aromatic nitrogens is 3. The number of amides is 1. The molecule has 0 saturated carbocycles. The molecule has 4 rings (SSSR count). The number of rotatable bonds is 4. The summed E-state index contributed by atoms with van der Waals surface area (Å²) in [6.07, 6.45) is 2.09. The van der Waals surface area contributed by atoms with Gasteiger partial charge in [-0.15, -0.1) is 11.8 Å². The summed E-state index contributed by atoms with van der Waals surface area (Å²) in [5.41, 5.74) is 2.62. The number of piperazine rings is 1. The van der Waals surface area contributed by atoms with Crippen molar-refractivity contribution in [2.45, 2.75) is 25.3 Å². The minimum absolute atomic E-state index is 0.0750. The van der Waals surface area contributed by atoms with Crippen molar-refractivity contribution in [2.75, 3.05) is 37.3 Å². The molecule has 1 aliphatic heterocycles. The largest absolute Gasteiger partial charge is 0.345 e. The van der Waals surface area contributed by atoms with Crippen molar-refractivity contribution in [3.8, 4) is 0 Å². The van der Waals surface area contributed by atoms with Gasteiger partial charge in [-0.25, -0.2) is 4.98 Å². The Morgan fingerprint density at radius 2 is 2.00 bits per heavy atom. The van der Waals surface area contributed by atoms with E-state index in [-0.39, 0.29) is 5.91 Å².